The molecule has 0 spiro atoms. The highest BCUT2D eigenvalue weighted by atomic mass is 31.1. The van der Waals surface area contributed by atoms with Gasteiger partial charge in [-0.1, -0.05) is 161 Å². The van der Waals surface area contributed by atoms with E-state index >= 15 is 0 Å². The Morgan fingerprint density at radius 1 is 0.632 bits per heavy atom. The zero-order valence-corrected chi connectivity index (χ0v) is 33.6. The predicted molar refractivity (Wildman–Crippen MR) is 251 cm³/mol. The molecule has 57 heavy (non-hydrogen) atoms. The number of amidine groups is 1. The van der Waals surface area contributed by atoms with Gasteiger partial charge in [-0.3, -0.25) is 0 Å². The van der Waals surface area contributed by atoms with Crippen molar-refractivity contribution in [3.63, 3.8) is 0 Å². The van der Waals surface area contributed by atoms with E-state index in [0.29, 0.717) is 12.5 Å². The van der Waals surface area contributed by atoms with Gasteiger partial charge in [0.1, 0.15) is 0 Å². The van der Waals surface area contributed by atoms with Crippen LogP contribution in [-0.4, -0.2) is 12.5 Å². The standard InChI is InChI=1S/C51H42N4P2/c1-35-16-8-9-21-40(35)41-22-10-13-25-46(41)53-34-55(37-29-31-50-45(33-37)43-24-12-15-27-48(43)57(50)39-19-6-3-7-20-39)51(54-52)36-28-30-49-44(32-36)42-23-11-14-26-47(42)56(49)38-17-4-2-5-18-38/h2-6,8-19,21-33,53H,7,20,34,52H2,1H3/b54-51-. The Balaban J connectivity index is 1.13. The molecule has 0 aliphatic heterocycles. The second kappa shape index (κ2) is 15.0. The Morgan fingerprint density at radius 3 is 2.02 bits per heavy atom. The molecule has 0 saturated carbocycles. The fourth-order valence-electron chi connectivity index (χ4n) is 8.68. The summed E-state index contributed by atoms with van der Waals surface area (Å²) in [6, 6.07) is 59.8. The van der Waals surface area contributed by atoms with Crippen LogP contribution in [0, 0.1) is 6.92 Å². The van der Waals surface area contributed by atoms with Crippen LogP contribution in [0.2, 0.25) is 0 Å². The van der Waals surface area contributed by atoms with E-state index in [0.717, 1.165) is 35.3 Å². The maximum atomic E-state index is 6.53. The zero-order valence-electron chi connectivity index (χ0n) is 31.8. The minimum absolute atomic E-state index is 0.453. The van der Waals surface area contributed by atoms with Gasteiger partial charge in [-0.2, -0.15) is 5.10 Å². The van der Waals surface area contributed by atoms with Gasteiger partial charge < -0.3 is 16.1 Å². The molecule has 276 valence electrons. The average Bonchev–Trinajstić information content (AvgIpc) is 3.78. The number of nitrogens with zero attached hydrogens (tertiary/aromatic N) is 2. The van der Waals surface area contributed by atoms with Gasteiger partial charge in [-0.05, 0) is 99.5 Å². The SMILES string of the molecule is Cc1ccccc1-c1ccccc1NCN(/C(=N\N)c1ccc2c(c1)c1ccccc1p2-c1ccccc1)c1ccc2c(c1)c1ccccc1p2C1=CC=CCC1. The van der Waals surface area contributed by atoms with Crippen LogP contribution in [0.5, 0.6) is 0 Å². The topological polar surface area (TPSA) is 53.6 Å². The number of anilines is 2. The van der Waals surface area contributed by atoms with E-state index in [1.807, 2.05) is 0 Å². The van der Waals surface area contributed by atoms with Crippen molar-refractivity contribution in [1.82, 2.24) is 0 Å². The number of nitrogens with one attached hydrogen (secondary N) is 1. The second-order valence-electron chi connectivity index (χ2n) is 14.7. The highest BCUT2D eigenvalue weighted by Gasteiger charge is 2.23. The Morgan fingerprint density at radius 2 is 1.26 bits per heavy atom. The van der Waals surface area contributed by atoms with Gasteiger partial charge in [-0.25, -0.2) is 0 Å². The number of nitrogens with two attached hydrogens (primary N) is 1. The maximum absolute atomic E-state index is 6.53. The Kier molecular flexibility index (Phi) is 9.23. The van der Waals surface area contributed by atoms with Crippen LogP contribution in [0.3, 0.4) is 0 Å². The average molecular weight is 773 g/mol. The first-order chi connectivity index (χ1) is 28.2. The third kappa shape index (κ3) is 6.23. The summed E-state index contributed by atoms with van der Waals surface area (Å²) in [4.78, 5) is 2.25. The molecule has 7 aromatic carbocycles. The van der Waals surface area contributed by atoms with Crippen LogP contribution in [0.4, 0.5) is 11.4 Å². The maximum Gasteiger partial charge on any atom is 0.161 e. The van der Waals surface area contributed by atoms with E-state index in [2.05, 4.69) is 204 Å². The zero-order chi connectivity index (χ0) is 38.3. The quantitative estimate of drug-likeness (QED) is 0.0532. The number of benzene rings is 7. The molecule has 0 radical (unpaired) electrons. The van der Waals surface area contributed by atoms with E-state index in [1.165, 1.54) is 63.8 Å². The number of hydrogen-bond acceptors (Lipinski definition) is 3. The van der Waals surface area contributed by atoms with E-state index in [1.54, 1.807) is 0 Å². The molecule has 9 aromatic rings. The van der Waals surface area contributed by atoms with Crippen molar-refractivity contribution in [2.75, 3.05) is 16.9 Å². The number of hydrazone groups is 1. The summed E-state index contributed by atoms with van der Waals surface area (Å²) in [7, 11) is -1.27. The molecule has 0 saturated heterocycles. The fraction of sp³-hybridized carbons (Fsp3) is 0.0784. The van der Waals surface area contributed by atoms with Gasteiger partial charge in [0.2, 0.25) is 0 Å². The molecule has 1 aliphatic rings. The Bertz CT molecular complexity index is 3060. The van der Waals surface area contributed by atoms with E-state index in [9.17, 15) is 0 Å². The monoisotopic (exact) mass is 772 g/mol. The van der Waals surface area contributed by atoms with Crippen LogP contribution in [-0.2, 0) is 0 Å². The Hall–Kier alpha value is -6.31. The molecule has 4 nitrogen and oxygen atoms in total. The molecule has 1 aliphatic carbocycles. The van der Waals surface area contributed by atoms with Crippen molar-refractivity contribution in [3.05, 3.63) is 193 Å². The number of hydrogen-bond donors (Lipinski definition) is 2. The molecule has 6 heteroatoms. The molecule has 2 aromatic heterocycles. The number of rotatable bonds is 8. The van der Waals surface area contributed by atoms with Crippen LogP contribution in [0.25, 0.3) is 63.8 Å². The Labute approximate surface area is 335 Å². The van der Waals surface area contributed by atoms with Gasteiger partial charge >= 0.3 is 0 Å². The van der Waals surface area contributed by atoms with Crippen LogP contribution in [0.15, 0.2) is 187 Å². The van der Waals surface area contributed by atoms with Crippen LogP contribution >= 0.6 is 15.1 Å². The molecule has 2 heterocycles. The number of allylic oxidation sites excluding steroid dienone is 4. The lowest BCUT2D eigenvalue weighted by Gasteiger charge is -2.28. The van der Waals surface area contributed by atoms with Gasteiger partial charge in [0, 0.05) is 43.0 Å². The minimum Gasteiger partial charge on any atom is -0.367 e. The molecular formula is C51H42N4P2. The minimum atomic E-state index is -0.675. The second-order valence-corrected chi connectivity index (χ2v) is 19.0. The van der Waals surface area contributed by atoms with Crippen LogP contribution < -0.4 is 16.1 Å². The van der Waals surface area contributed by atoms with Crippen molar-refractivity contribution < 1.29 is 0 Å². The molecule has 10 rings (SSSR count). The van der Waals surface area contributed by atoms with Gasteiger partial charge in [-0.15, -0.1) is 0 Å². The van der Waals surface area contributed by atoms with Crippen molar-refractivity contribution in [1.29, 1.82) is 0 Å². The lowest BCUT2D eigenvalue weighted by Crippen LogP contribution is -2.37. The largest absolute Gasteiger partial charge is 0.367 e. The first kappa shape index (κ1) is 35.1. The molecular weight excluding hydrogens is 731 g/mol. The highest BCUT2D eigenvalue weighted by Crippen LogP contribution is 2.58. The fourth-order valence-corrected chi connectivity index (χ4v) is 14.1. The van der Waals surface area contributed by atoms with Crippen LogP contribution in [0.1, 0.15) is 24.0 Å². The first-order valence-electron chi connectivity index (χ1n) is 19.6. The van der Waals surface area contributed by atoms with Crippen molar-refractivity contribution in [2.45, 2.75) is 19.8 Å². The van der Waals surface area contributed by atoms with Crippen molar-refractivity contribution >= 4 is 79.6 Å². The lowest BCUT2D eigenvalue weighted by molar-refractivity contribution is 1.05. The summed E-state index contributed by atoms with van der Waals surface area (Å²) in [5.41, 5.74) is 6.67. The summed E-state index contributed by atoms with van der Waals surface area (Å²) < 4.78 is 0. The van der Waals surface area contributed by atoms with E-state index in [4.69, 9.17) is 5.84 Å². The molecule has 2 unspecified atom stereocenters. The molecule has 0 fully saturated rings. The molecule has 2 atom stereocenters. The number of para-hydroxylation sites is 1. The number of aryl methyl sites for hydroxylation is 1. The normalized spacial score (nSPS) is 13.8. The third-order valence-electron chi connectivity index (χ3n) is 11.4. The smallest absolute Gasteiger partial charge is 0.161 e. The predicted octanol–water partition coefficient (Wildman–Crippen LogP) is 14.6. The third-order valence-corrected chi connectivity index (χ3v) is 16.6. The molecule has 0 bridgehead atoms. The summed E-state index contributed by atoms with van der Waals surface area (Å²) in [6.45, 7) is 2.62. The molecule has 3 N–H and O–H groups in total. The van der Waals surface area contributed by atoms with Crippen molar-refractivity contribution in [3.8, 4) is 16.4 Å². The summed E-state index contributed by atoms with van der Waals surface area (Å²) in [5, 5.41) is 22.1. The summed E-state index contributed by atoms with van der Waals surface area (Å²) >= 11 is 0. The molecule has 0 amide bonds. The van der Waals surface area contributed by atoms with E-state index in [-0.39, 0.29) is 0 Å². The highest BCUT2D eigenvalue weighted by molar-refractivity contribution is 7.71. The van der Waals surface area contributed by atoms with Gasteiger partial charge in [0.25, 0.3) is 0 Å². The first-order valence-corrected chi connectivity index (χ1v) is 22.3. The van der Waals surface area contributed by atoms with Gasteiger partial charge in [0.15, 0.2) is 5.84 Å². The summed E-state index contributed by atoms with van der Waals surface area (Å²) in [5.74, 6) is 7.24. The van der Waals surface area contributed by atoms with Crippen molar-refractivity contribution in [2.24, 2.45) is 10.9 Å². The lowest BCUT2D eigenvalue weighted by atomic mass is 9.99. The van der Waals surface area contributed by atoms with Gasteiger partial charge in [0.05, 0.1) is 6.67 Å². The van der Waals surface area contributed by atoms with E-state index < -0.39 is 15.1 Å². The number of fused-ring (bicyclic) bond motifs is 6. The summed E-state index contributed by atoms with van der Waals surface area (Å²) in [6.07, 6.45) is 9.07.